The lowest BCUT2D eigenvalue weighted by atomic mass is 9.77. The van der Waals surface area contributed by atoms with Crippen LogP contribution in [0.1, 0.15) is 55.8 Å². The maximum Gasteiger partial charge on any atom is 0.317 e. The average Bonchev–Trinajstić information content (AvgIpc) is 2.54. The molecule has 128 valence electrons. The number of hydrogen-bond donors (Lipinski definition) is 2. The van der Waals surface area contributed by atoms with Gasteiger partial charge in [0.1, 0.15) is 0 Å². The van der Waals surface area contributed by atoms with E-state index in [9.17, 15) is 9.90 Å². The Hall–Kier alpha value is -1.55. The highest BCUT2D eigenvalue weighted by atomic mass is 16.3. The van der Waals surface area contributed by atoms with Crippen molar-refractivity contribution in [2.75, 3.05) is 19.7 Å². The lowest BCUT2D eigenvalue weighted by molar-refractivity contribution is 0.0516. The van der Waals surface area contributed by atoms with E-state index >= 15 is 0 Å². The number of aryl methyl sites for hydroxylation is 2. The smallest absolute Gasteiger partial charge is 0.317 e. The molecule has 2 N–H and O–H groups in total. The summed E-state index contributed by atoms with van der Waals surface area (Å²) >= 11 is 0. The van der Waals surface area contributed by atoms with Crippen LogP contribution in [-0.4, -0.2) is 35.7 Å². The number of nitrogens with one attached hydrogen (secondary N) is 1. The summed E-state index contributed by atoms with van der Waals surface area (Å²) in [6.07, 6.45) is 2.73. The third-order valence-electron chi connectivity index (χ3n) is 5.28. The predicted molar refractivity (Wildman–Crippen MR) is 93.5 cm³/mol. The van der Waals surface area contributed by atoms with Crippen LogP contribution in [-0.2, 0) is 0 Å². The SMILES string of the molecule is CCC1(CO)CCN(C(=O)NC(C)c2cc(C)cc(C)c2)CC1. The predicted octanol–water partition coefficient (Wildman–Crippen LogP) is 3.56. The third kappa shape index (κ3) is 4.25. The molecule has 4 heteroatoms. The second kappa shape index (κ2) is 7.35. The second-order valence-corrected chi connectivity index (χ2v) is 7.09. The van der Waals surface area contributed by atoms with Gasteiger partial charge >= 0.3 is 6.03 Å². The molecule has 0 spiro atoms. The summed E-state index contributed by atoms with van der Waals surface area (Å²) in [5.41, 5.74) is 3.59. The van der Waals surface area contributed by atoms with Crippen LogP contribution in [0.15, 0.2) is 18.2 Å². The van der Waals surface area contributed by atoms with Crippen molar-refractivity contribution in [1.29, 1.82) is 0 Å². The molecule has 1 fully saturated rings. The molecule has 0 aromatic heterocycles. The quantitative estimate of drug-likeness (QED) is 0.892. The maximum atomic E-state index is 12.5. The van der Waals surface area contributed by atoms with Crippen LogP contribution >= 0.6 is 0 Å². The second-order valence-electron chi connectivity index (χ2n) is 7.09. The summed E-state index contributed by atoms with van der Waals surface area (Å²) in [6, 6.07) is 6.39. The van der Waals surface area contributed by atoms with E-state index in [0.717, 1.165) is 37.9 Å². The Morgan fingerprint density at radius 2 is 1.83 bits per heavy atom. The van der Waals surface area contributed by atoms with E-state index in [1.54, 1.807) is 0 Å². The Morgan fingerprint density at radius 1 is 1.26 bits per heavy atom. The van der Waals surface area contributed by atoms with Crippen molar-refractivity contribution in [1.82, 2.24) is 10.2 Å². The molecule has 0 aliphatic carbocycles. The van der Waals surface area contributed by atoms with Gasteiger partial charge in [-0.1, -0.05) is 36.2 Å². The molecular weight excluding hydrogens is 288 g/mol. The maximum absolute atomic E-state index is 12.5. The number of likely N-dealkylation sites (tertiary alicyclic amines) is 1. The molecule has 1 aromatic carbocycles. The van der Waals surface area contributed by atoms with Gasteiger partial charge in [-0.15, -0.1) is 0 Å². The molecule has 1 heterocycles. The number of hydrogen-bond acceptors (Lipinski definition) is 2. The van der Waals surface area contributed by atoms with E-state index in [1.807, 2.05) is 11.8 Å². The fourth-order valence-electron chi connectivity index (χ4n) is 3.43. The minimum Gasteiger partial charge on any atom is -0.396 e. The Bertz CT molecular complexity index is 522. The van der Waals surface area contributed by atoms with Gasteiger partial charge in [0.25, 0.3) is 0 Å². The van der Waals surface area contributed by atoms with Gasteiger partial charge in [0.15, 0.2) is 0 Å². The van der Waals surface area contributed by atoms with E-state index in [1.165, 1.54) is 11.1 Å². The molecule has 0 bridgehead atoms. The van der Waals surface area contributed by atoms with Crippen LogP contribution in [0.2, 0.25) is 0 Å². The molecule has 2 amide bonds. The van der Waals surface area contributed by atoms with Gasteiger partial charge in [-0.3, -0.25) is 0 Å². The summed E-state index contributed by atoms with van der Waals surface area (Å²) < 4.78 is 0. The molecule has 1 atom stereocenters. The lowest BCUT2D eigenvalue weighted by Gasteiger charge is -2.40. The number of carbonyl (C=O) groups is 1. The molecule has 2 rings (SSSR count). The molecule has 1 aliphatic rings. The average molecular weight is 318 g/mol. The number of piperidine rings is 1. The highest BCUT2D eigenvalue weighted by Crippen LogP contribution is 2.34. The highest BCUT2D eigenvalue weighted by molar-refractivity contribution is 5.74. The molecule has 4 nitrogen and oxygen atoms in total. The highest BCUT2D eigenvalue weighted by Gasteiger charge is 2.34. The summed E-state index contributed by atoms with van der Waals surface area (Å²) in [6.45, 7) is 9.97. The molecule has 1 aliphatic heterocycles. The van der Waals surface area contributed by atoms with Crippen LogP contribution in [0, 0.1) is 19.3 Å². The zero-order valence-electron chi connectivity index (χ0n) is 14.9. The fraction of sp³-hybridized carbons (Fsp3) is 0.632. The number of nitrogens with zero attached hydrogens (tertiary/aromatic N) is 1. The van der Waals surface area contributed by atoms with Crippen molar-refractivity contribution in [2.24, 2.45) is 5.41 Å². The van der Waals surface area contributed by atoms with Crippen molar-refractivity contribution in [2.45, 2.75) is 53.0 Å². The molecule has 1 aromatic rings. The first-order valence-electron chi connectivity index (χ1n) is 8.63. The van der Waals surface area contributed by atoms with Crippen molar-refractivity contribution in [3.05, 3.63) is 34.9 Å². The standard InChI is InChI=1S/C19H30N2O2/c1-5-19(13-22)6-8-21(9-7-19)18(23)20-16(4)17-11-14(2)10-15(3)12-17/h10-12,16,22H,5-9,13H2,1-4H3,(H,20,23). The van der Waals surface area contributed by atoms with Gasteiger partial charge in [0.05, 0.1) is 6.04 Å². The van der Waals surface area contributed by atoms with E-state index in [2.05, 4.69) is 44.3 Å². The van der Waals surface area contributed by atoms with Crippen LogP contribution < -0.4 is 5.32 Å². The lowest BCUT2D eigenvalue weighted by Crippen LogP contribution is -2.48. The molecular formula is C19H30N2O2. The van der Waals surface area contributed by atoms with Crippen LogP contribution in [0.25, 0.3) is 0 Å². The monoisotopic (exact) mass is 318 g/mol. The van der Waals surface area contributed by atoms with Crippen molar-refractivity contribution >= 4 is 6.03 Å². The fourth-order valence-corrected chi connectivity index (χ4v) is 3.43. The molecule has 0 saturated carbocycles. The van der Waals surface area contributed by atoms with Crippen molar-refractivity contribution in [3.63, 3.8) is 0 Å². The zero-order chi connectivity index (χ0) is 17.0. The van der Waals surface area contributed by atoms with Crippen molar-refractivity contribution < 1.29 is 9.90 Å². The molecule has 23 heavy (non-hydrogen) atoms. The topological polar surface area (TPSA) is 52.6 Å². The Labute approximate surface area is 139 Å². The summed E-state index contributed by atoms with van der Waals surface area (Å²) in [7, 11) is 0. The summed E-state index contributed by atoms with van der Waals surface area (Å²) in [5.74, 6) is 0. The first kappa shape index (κ1) is 17.8. The van der Waals surface area contributed by atoms with Gasteiger partial charge in [0.2, 0.25) is 0 Å². The van der Waals surface area contributed by atoms with Gasteiger partial charge in [-0.2, -0.15) is 0 Å². The van der Waals surface area contributed by atoms with Crippen LogP contribution in [0.5, 0.6) is 0 Å². The number of urea groups is 1. The first-order valence-corrected chi connectivity index (χ1v) is 8.63. The van der Waals surface area contributed by atoms with E-state index in [4.69, 9.17) is 0 Å². The minimum atomic E-state index is -0.00296. The van der Waals surface area contributed by atoms with E-state index < -0.39 is 0 Å². The van der Waals surface area contributed by atoms with Crippen LogP contribution in [0.4, 0.5) is 4.79 Å². The number of carbonyl (C=O) groups excluding carboxylic acids is 1. The zero-order valence-corrected chi connectivity index (χ0v) is 14.9. The first-order chi connectivity index (χ1) is 10.9. The number of rotatable bonds is 4. The normalized spacial score (nSPS) is 18.6. The Kier molecular flexibility index (Phi) is 5.69. The largest absolute Gasteiger partial charge is 0.396 e. The van der Waals surface area contributed by atoms with Crippen molar-refractivity contribution in [3.8, 4) is 0 Å². The summed E-state index contributed by atoms with van der Waals surface area (Å²) in [5, 5.41) is 12.7. The number of aliphatic hydroxyl groups is 1. The van der Waals surface area contributed by atoms with Crippen LogP contribution in [0.3, 0.4) is 0 Å². The number of benzene rings is 1. The Morgan fingerprint density at radius 3 is 2.30 bits per heavy atom. The molecule has 0 radical (unpaired) electrons. The van der Waals surface area contributed by atoms with E-state index in [0.29, 0.717) is 0 Å². The van der Waals surface area contributed by atoms with Gasteiger partial charge in [-0.05, 0) is 51.0 Å². The van der Waals surface area contributed by atoms with E-state index in [-0.39, 0.29) is 24.1 Å². The minimum absolute atomic E-state index is 0.000646. The molecule has 1 saturated heterocycles. The van der Waals surface area contributed by atoms with Gasteiger partial charge in [-0.25, -0.2) is 4.79 Å². The molecule has 1 unspecified atom stereocenters. The summed E-state index contributed by atoms with van der Waals surface area (Å²) in [4.78, 5) is 14.4. The number of amides is 2. The van der Waals surface area contributed by atoms with Gasteiger partial charge < -0.3 is 15.3 Å². The third-order valence-corrected chi connectivity index (χ3v) is 5.28. The van der Waals surface area contributed by atoms with Gasteiger partial charge in [0, 0.05) is 19.7 Å². The number of aliphatic hydroxyl groups excluding tert-OH is 1. The Balaban J connectivity index is 1.94.